The Morgan fingerprint density at radius 2 is 1.81 bits per heavy atom. The van der Waals surface area contributed by atoms with Crippen molar-refractivity contribution >= 4 is 12.0 Å². The highest BCUT2D eigenvalue weighted by Crippen LogP contribution is 2.26. The molecule has 1 heterocycles. The Hall–Kier alpha value is -1.30. The van der Waals surface area contributed by atoms with Crippen LogP contribution in [-0.4, -0.2) is 41.4 Å². The third-order valence-corrected chi connectivity index (χ3v) is 3.30. The van der Waals surface area contributed by atoms with Crippen molar-refractivity contribution in [2.24, 2.45) is 5.41 Å². The molecule has 0 saturated carbocycles. The van der Waals surface area contributed by atoms with E-state index in [1.165, 1.54) is 0 Å². The van der Waals surface area contributed by atoms with E-state index in [1.807, 2.05) is 13.8 Å². The van der Waals surface area contributed by atoms with Crippen molar-refractivity contribution in [2.75, 3.05) is 6.54 Å². The number of hydrogen-bond donors (Lipinski definition) is 3. The van der Waals surface area contributed by atoms with E-state index in [0.717, 1.165) is 6.42 Å². The molecule has 0 aromatic carbocycles. The molecule has 0 aliphatic carbocycles. The van der Waals surface area contributed by atoms with E-state index in [-0.39, 0.29) is 23.1 Å². The number of urea groups is 1. The number of hydrogen-bond acceptors (Lipinski definition) is 3. The van der Waals surface area contributed by atoms with E-state index >= 15 is 0 Å². The first-order valence-electron chi connectivity index (χ1n) is 7.43. The zero-order valence-electron chi connectivity index (χ0n) is 13.7. The van der Waals surface area contributed by atoms with Gasteiger partial charge in [0.1, 0.15) is 0 Å². The van der Waals surface area contributed by atoms with Crippen molar-refractivity contribution in [3.05, 3.63) is 0 Å². The Labute approximate surface area is 126 Å². The van der Waals surface area contributed by atoms with Crippen LogP contribution in [0.3, 0.4) is 0 Å². The monoisotopic (exact) mass is 300 g/mol. The Morgan fingerprint density at radius 1 is 1.19 bits per heavy atom. The first kappa shape index (κ1) is 17.8. The Balaban J connectivity index is 2.33. The smallest absolute Gasteiger partial charge is 0.332 e. The van der Waals surface area contributed by atoms with Crippen LogP contribution in [0.15, 0.2) is 0 Å². The van der Waals surface area contributed by atoms with Crippen molar-refractivity contribution in [3.8, 4) is 0 Å². The number of carboxylic acids is 1. The van der Waals surface area contributed by atoms with Crippen molar-refractivity contribution in [2.45, 2.75) is 71.6 Å². The molecular weight excluding hydrogens is 272 g/mol. The van der Waals surface area contributed by atoms with Gasteiger partial charge < -0.3 is 20.5 Å². The average Bonchev–Trinajstić information content (AvgIpc) is 2.70. The van der Waals surface area contributed by atoms with Crippen LogP contribution >= 0.6 is 0 Å². The molecule has 1 rings (SSSR count). The van der Waals surface area contributed by atoms with Gasteiger partial charge in [-0.3, -0.25) is 0 Å². The fourth-order valence-electron chi connectivity index (χ4n) is 2.97. The highest BCUT2D eigenvalue weighted by atomic mass is 16.5. The fraction of sp³-hybridized carbons (Fsp3) is 0.867. The lowest BCUT2D eigenvalue weighted by molar-refractivity contribution is -0.149. The number of carbonyl (C=O) groups excluding carboxylic acids is 1. The summed E-state index contributed by atoms with van der Waals surface area (Å²) in [7, 11) is 0. The van der Waals surface area contributed by atoms with Crippen molar-refractivity contribution in [1.82, 2.24) is 10.6 Å². The van der Waals surface area contributed by atoms with Gasteiger partial charge in [-0.1, -0.05) is 20.8 Å². The molecule has 1 saturated heterocycles. The molecule has 3 N–H and O–H groups in total. The van der Waals surface area contributed by atoms with Crippen molar-refractivity contribution in [3.63, 3.8) is 0 Å². The van der Waals surface area contributed by atoms with Gasteiger partial charge in [-0.25, -0.2) is 9.59 Å². The normalized spacial score (nSPS) is 22.9. The lowest BCUT2D eigenvalue weighted by atomic mass is 9.82. The Kier molecular flexibility index (Phi) is 5.61. The van der Waals surface area contributed by atoms with E-state index < -0.39 is 12.1 Å². The first-order valence-corrected chi connectivity index (χ1v) is 7.43. The SMILES string of the molecule is CC(C)(C)CC(C)(C)NC(=O)NCC1CCC(C(=O)O)O1. The molecule has 2 atom stereocenters. The summed E-state index contributed by atoms with van der Waals surface area (Å²) in [5.41, 5.74) is -0.178. The van der Waals surface area contributed by atoms with E-state index in [0.29, 0.717) is 19.4 Å². The summed E-state index contributed by atoms with van der Waals surface area (Å²) >= 11 is 0. The molecule has 0 radical (unpaired) electrons. The van der Waals surface area contributed by atoms with Gasteiger partial charge in [-0.15, -0.1) is 0 Å². The number of amides is 2. The minimum absolute atomic E-state index is 0.125. The molecule has 6 heteroatoms. The number of aliphatic carboxylic acids is 1. The maximum Gasteiger partial charge on any atom is 0.332 e. The molecule has 1 fully saturated rings. The second-order valence-corrected chi connectivity index (χ2v) is 7.62. The Bertz CT molecular complexity index is 388. The molecule has 2 amide bonds. The molecule has 122 valence electrons. The van der Waals surface area contributed by atoms with Gasteiger partial charge in [-0.2, -0.15) is 0 Å². The van der Waals surface area contributed by atoms with Gasteiger partial charge in [0.25, 0.3) is 0 Å². The number of carboxylic acid groups (broad SMARTS) is 1. The summed E-state index contributed by atoms with van der Waals surface area (Å²) in [5.74, 6) is -0.937. The number of ether oxygens (including phenoxy) is 1. The second-order valence-electron chi connectivity index (χ2n) is 7.62. The summed E-state index contributed by atoms with van der Waals surface area (Å²) in [6.07, 6.45) is 1.05. The van der Waals surface area contributed by atoms with Gasteiger partial charge >= 0.3 is 12.0 Å². The predicted molar refractivity (Wildman–Crippen MR) is 80.2 cm³/mol. The van der Waals surface area contributed by atoms with Gasteiger partial charge in [0.2, 0.25) is 0 Å². The maximum atomic E-state index is 11.9. The molecule has 6 nitrogen and oxygen atoms in total. The van der Waals surface area contributed by atoms with Crippen LogP contribution in [0.4, 0.5) is 4.79 Å². The number of carbonyl (C=O) groups is 2. The van der Waals surface area contributed by atoms with Crippen LogP contribution in [0.1, 0.15) is 53.9 Å². The summed E-state index contributed by atoms with van der Waals surface area (Å²) in [6.45, 7) is 10.7. The zero-order chi connectivity index (χ0) is 16.3. The lowest BCUT2D eigenvalue weighted by Crippen LogP contribution is -2.51. The van der Waals surface area contributed by atoms with E-state index in [4.69, 9.17) is 9.84 Å². The average molecular weight is 300 g/mol. The van der Waals surface area contributed by atoms with Crippen LogP contribution < -0.4 is 10.6 Å². The molecule has 1 aliphatic rings. The van der Waals surface area contributed by atoms with E-state index in [1.54, 1.807) is 0 Å². The van der Waals surface area contributed by atoms with Crippen LogP contribution in [0.25, 0.3) is 0 Å². The molecule has 0 aromatic rings. The molecular formula is C15H28N2O4. The standard InChI is InChI=1S/C15H28N2O4/c1-14(2,3)9-15(4,5)17-13(20)16-8-10-6-7-11(21-10)12(18)19/h10-11H,6-9H2,1-5H3,(H,18,19)(H2,16,17,20). The van der Waals surface area contributed by atoms with Gasteiger partial charge in [0, 0.05) is 12.1 Å². The summed E-state index contributed by atoms with van der Waals surface area (Å²) in [6, 6.07) is -0.244. The minimum atomic E-state index is -0.937. The summed E-state index contributed by atoms with van der Waals surface area (Å²) in [4.78, 5) is 22.7. The van der Waals surface area contributed by atoms with Gasteiger partial charge in [-0.05, 0) is 38.5 Å². The van der Waals surface area contributed by atoms with Crippen LogP contribution in [0, 0.1) is 5.41 Å². The zero-order valence-corrected chi connectivity index (χ0v) is 13.7. The molecule has 0 spiro atoms. The quantitative estimate of drug-likeness (QED) is 0.726. The molecule has 1 aliphatic heterocycles. The largest absolute Gasteiger partial charge is 0.479 e. The van der Waals surface area contributed by atoms with Crippen LogP contribution in [0.5, 0.6) is 0 Å². The first-order chi connectivity index (χ1) is 9.48. The fourth-order valence-corrected chi connectivity index (χ4v) is 2.97. The molecule has 2 unspecified atom stereocenters. The molecule has 21 heavy (non-hydrogen) atoms. The second kappa shape index (κ2) is 6.64. The molecule has 0 aromatic heterocycles. The highest BCUT2D eigenvalue weighted by Gasteiger charge is 2.31. The summed E-state index contributed by atoms with van der Waals surface area (Å²) in [5, 5.41) is 14.6. The van der Waals surface area contributed by atoms with Crippen molar-refractivity contribution < 1.29 is 19.4 Å². The maximum absolute atomic E-state index is 11.9. The van der Waals surface area contributed by atoms with Gasteiger partial charge in [0.15, 0.2) is 6.10 Å². The predicted octanol–water partition coefficient (Wildman–Crippen LogP) is 2.13. The Morgan fingerprint density at radius 3 is 2.29 bits per heavy atom. The summed E-state index contributed by atoms with van der Waals surface area (Å²) < 4.78 is 5.34. The number of nitrogens with one attached hydrogen (secondary N) is 2. The van der Waals surface area contributed by atoms with E-state index in [9.17, 15) is 9.59 Å². The third kappa shape index (κ3) is 6.80. The number of rotatable bonds is 5. The van der Waals surface area contributed by atoms with Crippen LogP contribution in [-0.2, 0) is 9.53 Å². The van der Waals surface area contributed by atoms with Crippen molar-refractivity contribution in [1.29, 1.82) is 0 Å². The van der Waals surface area contributed by atoms with E-state index in [2.05, 4.69) is 31.4 Å². The lowest BCUT2D eigenvalue weighted by Gasteiger charge is -2.33. The van der Waals surface area contributed by atoms with Crippen LogP contribution in [0.2, 0.25) is 0 Å². The molecule has 0 bridgehead atoms. The third-order valence-electron chi connectivity index (χ3n) is 3.30. The van der Waals surface area contributed by atoms with Gasteiger partial charge in [0.05, 0.1) is 6.10 Å². The minimum Gasteiger partial charge on any atom is -0.479 e. The highest BCUT2D eigenvalue weighted by molar-refractivity contribution is 5.75. The topological polar surface area (TPSA) is 87.7 Å².